The van der Waals surface area contributed by atoms with E-state index in [-0.39, 0.29) is 0 Å². The van der Waals surface area contributed by atoms with Crippen LogP contribution in [0.4, 0.5) is 11.4 Å². The molecule has 0 saturated carbocycles. The van der Waals surface area contributed by atoms with E-state index in [4.69, 9.17) is 0 Å². The zero-order valence-electron chi connectivity index (χ0n) is 23.7. The van der Waals surface area contributed by atoms with E-state index in [1.807, 2.05) is 0 Å². The van der Waals surface area contributed by atoms with Gasteiger partial charge in [0.1, 0.15) is 0 Å². The Balaban J connectivity index is 1.24. The molecular weight excluding hydrogens is 518 g/mol. The highest BCUT2D eigenvalue weighted by Gasteiger charge is 2.12. The van der Waals surface area contributed by atoms with Crippen molar-refractivity contribution in [2.75, 3.05) is 5.32 Å². The molecule has 0 aliphatic rings. The standard InChI is InChI=1S/C42H29N/c1-2-12-30(13-3-1)38-23-10-17-31-18-11-24-39(42(31)38)33-19-8-20-34(26-33)43-35-27-32-15-5-7-22-37(32)41(28-35)40-25-9-16-29-14-4-6-21-36(29)40/h1-28,43H. The Morgan fingerprint density at radius 1 is 0.302 bits per heavy atom. The summed E-state index contributed by atoms with van der Waals surface area (Å²) in [5, 5.41) is 11.3. The van der Waals surface area contributed by atoms with Crippen molar-refractivity contribution in [1.29, 1.82) is 0 Å². The summed E-state index contributed by atoms with van der Waals surface area (Å²) in [6.45, 7) is 0. The van der Waals surface area contributed by atoms with E-state index in [0.29, 0.717) is 0 Å². The molecule has 8 rings (SSSR count). The third kappa shape index (κ3) is 4.62. The Kier molecular flexibility index (Phi) is 6.20. The first kappa shape index (κ1) is 25.1. The van der Waals surface area contributed by atoms with Gasteiger partial charge >= 0.3 is 0 Å². The SMILES string of the molecule is c1ccc(-c2cccc3cccc(-c4cccc(Nc5cc(-c6cccc7ccccc67)c6ccccc6c5)c4)c23)cc1. The molecular formula is C42H29N. The highest BCUT2D eigenvalue weighted by atomic mass is 14.9. The van der Waals surface area contributed by atoms with Crippen LogP contribution in [-0.4, -0.2) is 0 Å². The van der Waals surface area contributed by atoms with Crippen LogP contribution in [0.2, 0.25) is 0 Å². The first-order chi connectivity index (χ1) is 21.3. The minimum absolute atomic E-state index is 1.06. The molecule has 0 aromatic heterocycles. The van der Waals surface area contributed by atoms with Gasteiger partial charge in [-0.3, -0.25) is 0 Å². The summed E-state index contributed by atoms with van der Waals surface area (Å²) in [5.74, 6) is 0. The van der Waals surface area contributed by atoms with E-state index < -0.39 is 0 Å². The second-order valence-corrected chi connectivity index (χ2v) is 11.1. The van der Waals surface area contributed by atoms with Crippen molar-refractivity contribution in [3.05, 3.63) is 170 Å². The van der Waals surface area contributed by atoms with Crippen LogP contribution in [0.25, 0.3) is 65.7 Å². The minimum atomic E-state index is 1.06. The molecule has 0 aliphatic heterocycles. The van der Waals surface area contributed by atoms with Gasteiger partial charge in [-0.05, 0) is 90.0 Å². The van der Waals surface area contributed by atoms with Crippen molar-refractivity contribution >= 4 is 43.7 Å². The van der Waals surface area contributed by atoms with E-state index in [1.165, 1.54) is 65.7 Å². The van der Waals surface area contributed by atoms with Gasteiger partial charge in [-0.15, -0.1) is 0 Å². The topological polar surface area (TPSA) is 12.0 Å². The van der Waals surface area contributed by atoms with Crippen molar-refractivity contribution < 1.29 is 0 Å². The van der Waals surface area contributed by atoms with Crippen LogP contribution in [0.5, 0.6) is 0 Å². The number of hydrogen-bond acceptors (Lipinski definition) is 1. The molecule has 0 aliphatic carbocycles. The fourth-order valence-electron chi connectivity index (χ4n) is 6.44. The van der Waals surface area contributed by atoms with E-state index in [0.717, 1.165) is 11.4 Å². The molecule has 0 amide bonds. The van der Waals surface area contributed by atoms with Gasteiger partial charge in [0, 0.05) is 11.4 Å². The van der Waals surface area contributed by atoms with Crippen molar-refractivity contribution in [2.45, 2.75) is 0 Å². The largest absolute Gasteiger partial charge is 0.355 e. The molecule has 8 aromatic rings. The second kappa shape index (κ2) is 10.6. The fourth-order valence-corrected chi connectivity index (χ4v) is 6.44. The van der Waals surface area contributed by atoms with Gasteiger partial charge in [0.2, 0.25) is 0 Å². The summed E-state index contributed by atoms with van der Waals surface area (Å²) in [4.78, 5) is 0. The van der Waals surface area contributed by atoms with Gasteiger partial charge in [0.25, 0.3) is 0 Å². The molecule has 0 saturated heterocycles. The van der Waals surface area contributed by atoms with Crippen LogP contribution < -0.4 is 5.32 Å². The molecule has 0 spiro atoms. The Hall–Kier alpha value is -5.66. The van der Waals surface area contributed by atoms with Crippen molar-refractivity contribution in [1.82, 2.24) is 0 Å². The van der Waals surface area contributed by atoms with Crippen LogP contribution >= 0.6 is 0 Å². The molecule has 0 radical (unpaired) electrons. The lowest BCUT2D eigenvalue weighted by Gasteiger charge is -2.16. The van der Waals surface area contributed by atoms with Gasteiger partial charge < -0.3 is 5.32 Å². The summed E-state index contributed by atoms with van der Waals surface area (Å²) in [7, 11) is 0. The number of fused-ring (bicyclic) bond motifs is 3. The Morgan fingerprint density at radius 2 is 0.860 bits per heavy atom. The van der Waals surface area contributed by atoms with Gasteiger partial charge in [-0.25, -0.2) is 0 Å². The van der Waals surface area contributed by atoms with E-state index in [9.17, 15) is 0 Å². The quantitative estimate of drug-likeness (QED) is 0.226. The number of nitrogens with one attached hydrogen (secondary N) is 1. The van der Waals surface area contributed by atoms with E-state index in [1.54, 1.807) is 0 Å². The molecule has 0 atom stereocenters. The van der Waals surface area contributed by atoms with Gasteiger partial charge in [0.15, 0.2) is 0 Å². The Labute approximate surface area is 251 Å². The molecule has 0 bridgehead atoms. The molecule has 0 fully saturated rings. The normalized spacial score (nSPS) is 11.3. The predicted octanol–water partition coefficient (Wildman–Crippen LogP) is 11.9. The lowest BCUT2D eigenvalue weighted by Crippen LogP contribution is -1.93. The number of anilines is 2. The molecule has 0 heterocycles. The molecule has 43 heavy (non-hydrogen) atoms. The third-order valence-corrected chi connectivity index (χ3v) is 8.39. The highest BCUT2D eigenvalue weighted by Crippen LogP contribution is 2.39. The van der Waals surface area contributed by atoms with E-state index in [2.05, 4.69) is 175 Å². The highest BCUT2D eigenvalue weighted by molar-refractivity contribution is 6.08. The summed E-state index contributed by atoms with van der Waals surface area (Å²) in [6.07, 6.45) is 0. The molecule has 1 nitrogen and oxygen atoms in total. The average Bonchev–Trinajstić information content (AvgIpc) is 3.07. The molecule has 1 heteroatoms. The molecule has 1 N–H and O–H groups in total. The van der Waals surface area contributed by atoms with Gasteiger partial charge in [-0.2, -0.15) is 0 Å². The van der Waals surface area contributed by atoms with Crippen LogP contribution in [0.15, 0.2) is 170 Å². The van der Waals surface area contributed by atoms with Crippen molar-refractivity contribution in [3.63, 3.8) is 0 Å². The first-order valence-electron chi connectivity index (χ1n) is 14.8. The van der Waals surface area contributed by atoms with E-state index >= 15 is 0 Å². The summed E-state index contributed by atoms with van der Waals surface area (Å²) in [6, 6.07) is 61.1. The molecule has 202 valence electrons. The smallest absolute Gasteiger partial charge is 0.0396 e. The average molecular weight is 548 g/mol. The summed E-state index contributed by atoms with van der Waals surface area (Å²) in [5.41, 5.74) is 9.51. The van der Waals surface area contributed by atoms with Gasteiger partial charge in [0.05, 0.1) is 0 Å². The Morgan fingerprint density at radius 3 is 1.65 bits per heavy atom. The fraction of sp³-hybridized carbons (Fsp3) is 0. The monoisotopic (exact) mass is 547 g/mol. The lowest BCUT2D eigenvalue weighted by molar-refractivity contribution is 1.55. The zero-order chi connectivity index (χ0) is 28.6. The lowest BCUT2D eigenvalue weighted by atomic mass is 9.91. The van der Waals surface area contributed by atoms with Crippen molar-refractivity contribution in [3.8, 4) is 33.4 Å². The summed E-state index contributed by atoms with van der Waals surface area (Å²) >= 11 is 0. The molecule has 0 unspecified atom stereocenters. The first-order valence-corrected chi connectivity index (χ1v) is 14.8. The number of rotatable bonds is 5. The number of hydrogen-bond donors (Lipinski definition) is 1. The van der Waals surface area contributed by atoms with Crippen LogP contribution in [0, 0.1) is 0 Å². The maximum absolute atomic E-state index is 3.76. The maximum Gasteiger partial charge on any atom is 0.0396 e. The third-order valence-electron chi connectivity index (χ3n) is 8.39. The summed E-state index contributed by atoms with van der Waals surface area (Å²) < 4.78 is 0. The minimum Gasteiger partial charge on any atom is -0.355 e. The second-order valence-electron chi connectivity index (χ2n) is 11.1. The van der Waals surface area contributed by atoms with Crippen molar-refractivity contribution in [2.24, 2.45) is 0 Å². The zero-order valence-corrected chi connectivity index (χ0v) is 23.7. The number of benzene rings is 8. The van der Waals surface area contributed by atoms with Gasteiger partial charge in [-0.1, -0.05) is 146 Å². The van der Waals surface area contributed by atoms with Crippen LogP contribution in [0.3, 0.4) is 0 Å². The predicted molar refractivity (Wildman–Crippen MR) is 185 cm³/mol. The van der Waals surface area contributed by atoms with Crippen LogP contribution in [-0.2, 0) is 0 Å². The van der Waals surface area contributed by atoms with Crippen LogP contribution in [0.1, 0.15) is 0 Å². The molecule has 8 aromatic carbocycles. The Bertz CT molecular complexity index is 2250. The maximum atomic E-state index is 3.76.